The number of carbonyl (C=O) groups is 1. The van der Waals surface area contributed by atoms with Gasteiger partial charge >= 0.3 is 5.97 Å². The van der Waals surface area contributed by atoms with Crippen molar-refractivity contribution >= 4 is 5.97 Å². The number of rotatable bonds is 7. The Bertz CT molecular complexity index is 453. The number of hydrogen-bond donors (Lipinski definition) is 0. The molecule has 0 unspecified atom stereocenters. The smallest absolute Gasteiger partial charge is 0.309 e. The van der Waals surface area contributed by atoms with E-state index in [0.717, 1.165) is 18.6 Å². The molecule has 0 bridgehead atoms. The lowest BCUT2D eigenvalue weighted by Gasteiger charge is -2.20. The van der Waals surface area contributed by atoms with E-state index in [1.165, 1.54) is 5.56 Å². The summed E-state index contributed by atoms with van der Waals surface area (Å²) in [4.78, 5) is 11.9. The van der Waals surface area contributed by atoms with Crippen LogP contribution >= 0.6 is 0 Å². The van der Waals surface area contributed by atoms with Gasteiger partial charge in [0.2, 0.25) is 0 Å². The van der Waals surface area contributed by atoms with Crippen molar-refractivity contribution in [3.8, 4) is 5.75 Å². The molecule has 3 nitrogen and oxygen atoms in total. The Morgan fingerprint density at radius 2 is 1.64 bits per heavy atom. The van der Waals surface area contributed by atoms with E-state index in [9.17, 15) is 4.79 Å². The van der Waals surface area contributed by atoms with Gasteiger partial charge in [0.25, 0.3) is 0 Å². The van der Waals surface area contributed by atoms with Crippen molar-refractivity contribution < 1.29 is 14.3 Å². The van der Waals surface area contributed by atoms with Gasteiger partial charge in [-0.1, -0.05) is 46.8 Å². The minimum atomic E-state index is -0.240. The molecule has 1 rings (SSSR count). The van der Waals surface area contributed by atoms with E-state index in [2.05, 4.69) is 32.9 Å². The summed E-state index contributed by atoms with van der Waals surface area (Å²) in [6, 6.07) is 8.10. The molecule has 0 aliphatic heterocycles. The van der Waals surface area contributed by atoms with Gasteiger partial charge in [0.1, 0.15) is 18.5 Å². The summed E-state index contributed by atoms with van der Waals surface area (Å²) < 4.78 is 11.1. The van der Waals surface area contributed by atoms with Crippen LogP contribution in [0.25, 0.3) is 0 Å². The summed E-state index contributed by atoms with van der Waals surface area (Å²) in [6.07, 6.45) is 1.39. The third-order valence-corrected chi connectivity index (χ3v) is 3.84. The van der Waals surface area contributed by atoms with Crippen molar-refractivity contribution in [2.75, 3.05) is 6.61 Å². The number of carbonyl (C=O) groups excluding carboxylic acids is 1. The quantitative estimate of drug-likeness (QED) is 0.683. The monoisotopic (exact) mass is 306 g/mol. The van der Waals surface area contributed by atoms with E-state index in [1.807, 2.05) is 32.9 Å². The molecule has 0 aliphatic rings. The highest BCUT2D eigenvalue weighted by atomic mass is 16.6. The maximum absolute atomic E-state index is 11.9. The molecular weight excluding hydrogens is 276 g/mol. The molecule has 0 spiro atoms. The van der Waals surface area contributed by atoms with Crippen LogP contribution in [0.4, 0.5) is 0 Å². The predicted octanol–water partition coefficient (Wildman–Crippen LogP) is 4.73. The molecule has 0 radical (unpaired) electrons. The molecule has 124 valence electrons. The molecule has 0 amide bonds. The van der Waals surface area contributed by atoms with Crippen LogP contribution in [0.2, 0.25) is 0 Å². The van der Waals surface area contributed by atoms with Gasteiger partial charge in [0, 0.05) is 0 Å². The van der Waals surface area contributed by atoms with Gasteiger partial charge in [-0.15, -0.1) is 0 Å². The lowest BCUT2D eigenvalue weighted by molar-refractivity contribution is -0.154. The fourth-order valence-electron chi connectivity index (χ4n) is 2.22. The SMILES string of the molecule is CCC(CC)C(=O)O[C@H](C)COc1ccc(C(C)(C)C)cc1. The second-order valence-electron chi connectivity index (χ2n) is 6.85. The third kappa shape index (κ3) is 5.70. The number of ether oxygens (including phenoxy) is 2. The minimum Gasteiger partial charge on any atom is -0.490 e. The van der Waals surface area contributed by atoms with Crippen LogP contribution in [0, 0.1) is 5.92 Å². The number of hydrogen-bond acceptors (Lipinski definition) is 3. The summed E-state index contributed by atoms with van der Waals surface area (Å²) in [6.45, 7) is 12.8. The Labute approximate surface area is 135 Å². The van der Waals surface area contributed by atoms with Gasteiger partial charge in [0.15, 0.2) is 0 Å². The topological polar surface area (TPSA) is 35.5 Å². The van der Waals surface area contributed by atoms with Gasteiger partial charge < -0.3 is 9.47 Å². The highest BCUT2D eigenvalue weighted by Gasteiger charge is 2.19. The van der Waals surface area contributed by atoms with Crippen molar-refractivity contribution in [2.45, 2.75) is 65.9 Å². The normalized spacial score (nSPS) is 13.0. The Hall–Kier alpha value is -1.51. The fourth-order valence-corrected chi connectivity index (χ4v) is 2.22. The zero-order chi connectivity index (χ0) is 16.8. The van der Waals surface area contributed by atoms with E-state index >= 15 is 0 Å². The maximum atomic E-state index is 11.9. The zero-order valence-electron chi connectivity index (χ0n) is 14.8. The van der Waals surface area contributed by atoms with Gasteiger partial charge in [-0.25, -0.2) is 0 Å². The van der Waals surface area contributed by atoms with Gasteiger partial charge in [-0.3, -0.25) is 4.79 Å². The van der Waals surface area contributed by atoms with Crippen LogP contribution in [0.15, 0.2) is 24.3 Å². The maximum Gasteiger partial charge on any atom is 0.309 e. The average Bonchev–Trinajstić information content (AvgIpc) is 2.46. The van der Waals surface area contributed by atoms with E-state index in [-0.39, 0.29) is 23.4 Å². The Balaban J connectivity index is 2.47. The summed E-state index contributed by atoms with van der Waals surface area (Å²) in [7, 11) is 0. The molecular formula is C19H30O3. The first kappa shape index (κ1) is 18.5. The van der Waals surface area contributed by atoms with E-state index in [0.29, 0.717) is 6.61 Å². The molecule has 0 saturated heterocycles. The minimum absolute atomic E-state index is 0.00600. The molecule has 22 heavy (non-hydrogen) atoms. The number of benzene rings is 1. The van der Waals surface area contributed by atoms with Crippen LogP contribution in [0.5, 0.6) is 5.75 Å². The molecule has 0 saturated carbocycles. The highest BCUT2D eigenvalue weighted by Crippen LogP contribution is 2.24. The third-order valence-electron chi connectivity index (χ3n) is 3.84. The molecule has 1 aromatic carbocycles. The van der Waals surface area contributed by atoms with Crippen LogP contribution in [0.1, 0.15) is 59.9 Å². The van der Waals surface area contributed by atoms with Crippen molar-refractivity contribution in [1.29, 1.82) is 0 Å². The second kappa shape index (κ2) is 8.21. The predicted molar refractivity (Wildman–Crippen MR) is 90.3 cm³/mol. The van der Waals surface area contributed by atoms with Crippen LogP contribution in [0.3, 0.4) is 0 Å². The largest absolute Gasteiger partial charge is 0.490 e. The lowest BCUT2D eigenvalue weighted by Crippen LogP contribution is -2.26. The standard InChI is InChI=1S/C19H30O3/c1-7-15(8-2)18(20)22-14(3)13-21-17-11-9-16(10-12-17)19(4,5)6/h9-12,14-15H,7-8,13H2,1-6H3/t14-/m1/s1. The van der Waals surface area contributed by atoms with E-state index in [4.69, 9.17) is 9.47 Å². The average molecular weight is 306 g/mol. The Morgan fingerprint density at radius 1 is 1.09 bits per heavy atom. The summed E-state index contributed by atoms with van der Waals surface area (Å²) in [5.41, 5.74) is 1.41. The first-order valence-corrected chi connectivity index (χ1v) is 8.21. The molecule has 1 atom stereocenters. The summed E-state index contributed by atoms with van der Waals surface area (Å²) in [5.74, 6) is 0.677. The molecule has 0 aromatic heterocycles. The molecule has 0 N–H and O–H groups in total. The van der Waals surface area contributed by atoms with Crippen LogP contribution in [-0.2, 0) is 14.9 Å². The van der Waals surface area contributed by atoms with Crippen LogP contribution in [-0.4, -0.2) is 18.7 Å². The van der Waals surface area contributed by atoms with E-state index < -0.39 is 0 Å². The summed E-state index contributed by atoms with van der Waals surface area (Å²) in [5, 5.41) is 0. The lowest BCUT2D eigenvalue weighted by atomic mass is 9.87. The van der Waals surface area contributed by atoms with E-state index in [1.54, 1.807) is 0 Å². The van der Waals surface area contributed by atoms with Crippen molar-refractivity contribution in [3.63, 3.8) is 0 Å². The Kier molecular flexibility index (Phi) is 6.92. The summed E-state index contributed by atoms with van der Waals surface area (Å²) >= 11 is 0. The van der Waals surface area contributed by atoms with Gasteiger partial charge in [0.05, 0.1) is 5.92 Å². The molecule has 0 fully saturated rings. The molecule has 3 heteroatoms. The first-order chi connectivity index (χ1) is 10.3. The Morgan fingerprint density at radius 3 is 2.09 bits per heavy atom. The molecule has 1 aromatic rings. The second-order valence-corrected chi connectivity index (χ2v) is 6.85. The van der Waals surface area contributed by atoms with Gasteiger partial charge in [-0.05, 0) is 42.9 Å². The fraction of sp³-hybridized carbons (Fsp3) is 0.632. The van der Waals surface area contributed by atoms with Crippen molar-refractivity contribution in [2.24, 2.45) is 5.92 Å². The van der Waals surface area contributed by atoms with Crippen LogP contribution < -0.4 is 4.74 Å². The molecule has 0 heterocycles. The van der Waals surface area contributed by atoms with Crippen molar-refractivity contribution in [1.82, 2.24) is 0 Å². The van der Waals surface area contributed by atoms with Gasteiger partial charge in [-0.2, -0.15) is 0 Å². The highest BCUT2D eigenvalue weighted by molar-refractivity contribution is 5.72. The zero-order valence-corrected chi connectivity index (χ0v) is 14.8. The van der Waals surface area contributed by atoms with Crippen molar-refractivity contribution in [3.05, 3.63) is 29.8 Å². The number of esters is 1. The molecule has 0 aliphatic carbocycles. The first-order valence-electron chi connectivity index (χ1n) is 8.21.